The molecule has 16 heavy (non-hydrogen) atoms. The second-order valence-electron chi connectivity index (χ2n) is 2.88. The van der Waals surface area contributed by atoms with Gasteiger partial charge in [0.25, 0.3) is 0 Å². The van der Waals surface area contributed by atoms with E-state index < -0.39 is 0 Å². The van der Waals surface area contributed by atoms with Crippen molar-refractivity contribution >= 4 is 17.1 Å². The topological polar surface area (TPSA) is 65.2 Å². The number of carbonyl (C=O) groups is 1. The molecule has 84 valence electrons. The number of carbonyl (C=O) groups excluding carboxylic acids is 1. The summed E-state index contributed by atoms with van der Waals surface area (Å²) in [5.41, 5.74) is 5.16. The molecule has 0 bridgehead atoms. The number of nitrogens with two attached hydrogens (primary N) is 1. The third kappa shape index (κ3) is 2.17. The summed E-state index contributed by atoms with van der Waals surface area (Å²) in [6.45, 7) is 0. The highest BCUT2D eigenvalue weighted by atomic mass is 16.5. The van der Waals surface area contributed by atoms with Crippen LogP contribution in [0.2, 0.25) is 0 Å². The summed E-state index contributed by atoms with van der Waals surface area (Å²) in [5, 5.41) is 1.73. The van der Waals surface area contributed by atoms with Crippen LogP contribution >= 0.6 is 0 Å². The van der Waals surface area contributed by atoms with Crippen molar-refractivity contribution in [3.05, 3.63) is 36.0 Å². The van der Waals surface area contributed by atoms with Crippen LogP contribution in [0.4, 0.5) is 0 Å². The summed E-state index contributed by atoms with van der Waals surface area (Å²) in [6, 6.07) is 7.28. The number of benzene rings is 1. The number of aldehydes is 1. The van der Waals surface area contributed by atoms with E-state index in [0.29, 0.717) is 11.4 Å². The second-order valence-corrected chi connectivity index (χ2v) is 2.88. The van der Waals surface area contributed by atoms with E-state index in [4.69, 9.17) is 4.74 Å². The quantitative estimate of drug-likeness (QED) is 0.778. The Bertz CT molecular complexity index is 483. The first kappa shape index (κ1) is 12.1. The fraction of sp³-hybridized carbons (Fsp3) is 0.167. The summed E-state index contributed by atoms with van der Waals surface area (Å²) in [5.74, 6) is 0.547. The van der Waals surface area contributed by atoms with Crippen LogP contribution in [0.5, 0.6) is 5.88 Å². The molecule has 0 aliphatic carbocycles. The van der Waals surface area contributed by atoms with Crippen molar-refractivity contribution in [1.29, 1.82) is 0 Å². The fourth-order valence-electron chi connectivity index (χ4n) is 1.47. The van der Waals surface area contributed by atoms with Crippen molar-refractivity contribution in [3.63, 3.8) is 0 Å². The number of rotatable bonds is 2. The Hall–Kier alpha value is -1.94. The van der Waals surface area contributed by atoms with Crippen molar-refractivity contribution in [1.82, 2.24) is 4.98 Å². The number of methoxy groups -OCH3 is 1. The molecule has 0 radical (unpaired) electrons. The van der Waals surface area contributed by atoms with E-state index in [2.05, 4.69) is 10.7 Å². The smallest absolute Gasteiger partial charge is 0.221 e. The van der Waals surface area contributed by atoms with Crippen LogP contribution in [0.1, 0.15) is 10.4 Å². The van der Waals surface area contributed by atoms with Gasteiger partial charge in [-0.1, -0.05) is 12.1 Å². The zero-order valence-corrected chi connectivity index (χ0v) is 9.31. The van der Waals surface area contributed by atoms with Gasteiger partial charge in [-0.25, -0.2) is 4.98 Å². The first-order valence-electron chi connectivity index (χ1n) is 4.81. The van der Waals surface area contributed by atoms with Gasteiger partial charge in [-0.2, -0.15) is 0 Å². The molecule has 0 amide bonds. The zero-order chi connectivity index (χ0) is 12.0. The van der Waals surface area contributed by atoms with Crippen LogP contribution in [0.15, 0.2) is 30.5 Å². The second kappa shape index (κ2) is 5.82. The van der Waals surface area contributed by atoms with Gasteiger partial charge in [-0.3, -0.25) is 4.79 Å². The van der Waals surface area contributed by atoms with Gasteiger partial charge in [0.2, 0.25) is 5.88 Å². The molecule has 0 unspecified atom stereocenters. The summed E-state index contributed by atoms with van der Waals surface area (Å²) in [7, 11) is 3.06. The molecule has 2 aromatic rings. The molecule has 1 aromatic carbocycles. The highest BCUT2D eigenvalue weighted by Crippen LogP contribution is 2.24. The standard InChI is InChI=1S/C11H9NO2.CH5N/c1-14-11-10-4-2-3-8(7-13)9(10)5-6-12-11;1-2/h2-7H,1H3;2H2,1H3. The van der Waals surface area contributed by atoms with Crippen LogP contribution in [0, 0.1) is 0 Å². The van der Waals surface area contributed by atoms with Gasteiger partial charge in [0.05, 0.1) is 7.11 Å². The molecule has 0 atom stereocenters. The van der Waals surface area contributed by atoms with Gasteiger partial charge in [-0.05, 0) is 24.6 Å². The van der Waals surface area contributed by atoms with Crippen molar-refractivity contribution in [2.75, 3.05) is 14.2 Å². The third-order valence-electron chi connectivity index (χ3n) is 2.12. The largest absolute Gasteiger partial charge is 0.481 e. The zero-order valence-electron chi connectivity index (χ0n) is 9.31. The maximum absolute atomic E-state index is 10.8. The van der Waals surface area contributed by atoms with Crippen molar-refractivity contribution in [3.8, 4) is 5.88 Å². The van der Waals surface area contributed by atoms with E-state index in [1.165, 1.54) is 7.05 Å². The molecule has 0 saturated carbocycles. The van der Waals surface area contributed by atoms with Crippen molar-refractivity contribution in [2.24, 2.45) is 5.73 Å². The van der Waals surface area contributed by atoms with E-state index in [9.17, 15) is 4.79 Å². The Labute approximate surface area is 94.0 Å². The van der Waals surface area contributed by atoms with Crippen LogP contribution in [-0.2, 0) is 0 Å². The molecule has 1 aromatic heterocycles. The average molecular weight is 218 g/mol. The maximum Gasteiger partial charge on any atom is 0.221 e. The highest BCUT2D eigenvalue weighted by Gasteiger charge is 2.04. The van der Waals surface area contributed by atoms with Gasteiger partial charge in [0.1, 0.15) is 0 Å². The first-order chi connectivity index (χ1) is 7.86. The Morgan fingerprint density at radius 1 is 1.25 bits per heavy atom. The number of pyridine rings is 1. The number of ether oxygens (including phenoxy) is 1. The fourth-order valence-corrected chi connectivity index (χ4v) is 1.47. The van der Waals surface area contributed by atoms with Crippen LogP contribution in [0.3, 0.4) is 0 Å². The average Bonchev–Trinajstić information content (AvgIpc) is 2.39. The molecule has 4 nitrogen and oxygen atoms in total. The minimum absolute atomic E-state index is 0.547. The molecule has 0 aliphatic rings. The monoisotopic (exact) mass is 218 g/mol. The predicted octanol–water partition coefficient (Wildman–Crippen LogP) is 1.63. The van der Waals surface area contributed by atoms with Gasteiger partial charge < -0.3 is 10.5 Å². The SMILES string of the molecule is CN.COc1nccc2c(C=O)cccc12. The van der Waals surface area contributed by atoms with E-state index in [-0.39, 0.29) is 0 Å². The Kier molecular flexibility index (Phi) is 4.42. The van der Waals surface area contributed by atoms with Crippen molar-refractivity contribution < 1.29 is 9.53 Å². The van der Waals surface area contributed by atoms with Gasteiger partial charge >= 0.3 is 0 Å². The molecule has 0 spiro atoms. The van der Waals surface area contributed by atoms with E-state index in [0.717, 1.165) is 17.1 Å². The molecule has 4 heteroatoms. The lowest BCUT2D eigenvalue weighted by atomic mass is 10.1. The first-order valence-corrected chi connectivity index (χ1v) is 4.81. The minimum atomic E-state index is 0.547. The predicted molar refractivity (Wildman–Crippen MR) is 63.8 cm³/mol. The number of nitrogens with zero attached hydrogens (tertiary/aromatic N) is 1. The lowest BCUT2D eigenvalue weighted by Crippen LogP contribution is -1.90. The molecule has 2 rings (SSSR count). The molecular formula is C12H14N2O2. The van der Waals surface area contributed by atoms with Crippen LogP contribution in [-0.4, -0.2) is 25.4 Å². The Morgan fingerprint density at radius 2 is 2.00 bits per heavy atom. The van der Waals surface area contributed by atoms with E-state index >= 15 is 0 Å². The lowest BCUT2D eigenvalue weighted by molar-refractivity contribution is 0.112. The van der Waals surface area contributed by atoms with E-state index in [1.807, 2.05) is 18.2 Å². The number of hydrogen-bond donors (Lipinski definition) is 1. The summed E-state index contributed by atoms with van der Waals surface area (Å²) >= 11 is 0. The maximum atomic E-state index is 10.8. The van der Waals surface area contributed by atoms with Gasteiger partial charge in [-0.15, -0.1) is 0 Å². The molecule has 0 saturated heterocycles. The van der Waals surface area contributed by atoms with Gasteiger partial charge in [0, 0.05) is 17.1 Å². The molecule has 0 aliphatic heterocycles. The van der Waals surface area contributed by atoms with Crippen molar-refractivity contribution in [2.45, 2.75) is 0 Å². The Balaban J connectivity index is 0.000000606. The van der Waals surface area contributed by atoms with Crippen LogP contribution in [0.25, 0.3) is 10.8 Å². The molecule has 0 fully saturated rings. The van der Waals surface area contributed by atoms with Gasteiger partial charge in [0.15, 0.2) is 6.29 Å². The number of fused-ring (bicyclic) bond motifs is 1. The Morgan fingerprint density at radius 3 is 2.62 bits per heavy atom. The summed E-state index contributed by atoms with van der Waals surface area (Å²) in [6.07, 6.45) is 2.47. The lowest BCUT2D eigenvalue weighted by Gasteiger charge is -2.04. The summed E-state index contributed by atoms with van der Waals surface area (Å²) in [4.78, 5) is 14.8. The summed E-state index contributed by atoms with van der Waals surface area (Å²) < 4.78 is 5.10. The molecular weight excluding hydrogens is 204 g/mol. The third-order valence-corrected chi connectivity index (χ3v) is 2.12. The number of hydrogen-bond acceptors (Lipinski definition) is 4. The van der Waals surface area contributed by atoms with E-state index in [1.54, 1.807) is 19.4 Å². The highest BCUT2D eigenvalue weighted by molar-refractivity contribution is 5.99. The normalized spacial score (nSPS) is 9.19. The van der Waals surface area contributed by atoms with Crippen LogP contribution < -0.4 is 10.5 Å². The molecule has 2 N–H and O–H groups in total. The minimum Gasteiger partial charge on any atom is -0.481 e. The number of aromatic nitrogens is 1. The molecule has 1 heterocycles.